The molecular formula is C25H33N3O2. The lowest BCUT2D eigenvalue weighted by molar-refractivity contribution is -0.0154. The second-order valence-electron chi connectivity index (χ2n) is 8.33. The number of nitrogens with zero attached hydrogens (tertiary/aromatic N) is 2. The zero-order chi connectivity index (χ0) is 20.9. The summed E-state index contributed by atoms with van der Waals surface area (Å²) in [6, 6.07) is 18.5. The average Bonchev–Trinajstić information content (AvgIpc) is 3.22. The number of benzene rings is 2. The number of methoxy groups -OCH3 is 1. The minimum Gasteiger partial charge on any atom is -0.496 e. The lowest BCUT2D eigenvalue weighted by atomic mass is 9.96. The number of nitrogens with one attached hydrogen (secondary N) is 1. The Hall–Kier alpha value is -2.34. The number of piperidine rings is 1. The third-order valence-corrected chi connectivity index (χ3v) is 6.26. The fraction of sp³-hybridized carbons (Fsp3) is 0.440. The van der Waals surface area contributed by atoms with Crippen LogP contribution in [0.5, 0.6) is 5.75 Å². The van der Waals surface area contributed by atoms with Gasteiger partial charge in [-0.1, -0.05) is 43.3 Å². The Morgan fingerprint density at radius 1 is 1.20 bits per heavy atom. The Morgan fingerprint density at radius 2 is 2.00 bits per heavy atom. The Kier molecular flexibility index (Phi) is 6.72. The van der Waals surface area contributed by atoms with Crippen LogP contribution in [0.3, 0.4) is 0 Å². The van der Waals surface area contributed by atoms with Crippen LogP contribution in [0.1, 0.15) is 37.3 Å². The summed E-state index contributed by atoms with van der Waals surface area (Å²) in [4.78, 5) is 8.09. The molecule has 2 heterocycles. The monoisotopic (exact) mass is 407 g/mol. The third-order valence-electron chi connectivity index (χ3n) is 6.26. The largest absolute Gasteiger partial charge is 0.496 e. The highest BCUT2D eigenvalue weighted by molar-refractivity contribution is 5.80. The smallest absolute Gasteiger partial charge is 0.148 e. The second-order valence-corrected chi connectivity index (χ2v) is 8.33. The van der Waals surface area contributed by atoms with Crippen molar-refractivity contribution in [3.05, 3.63) is 65.9 Å². The van der Waals surface area contributed by atoms with Gasteiger partial charge in [0.2, 0.25) is 0 Å². The van der Waals surface area contributed by atoms with Gasteiger partial charge in [-0.05, 0) is 55.4 Å². The normalized spacial score (nSPS) is 18.7. The molecule has 1 aliphatic heterocycles. The number of hydrogen-bond acceptors (Lipinski definition) is 4. The lowest BCUT2D eigenvalue weighted by Crippen LogP contribution is -2.41. The maximum absolute atomic E-state index is 11.0. The molecule has 0 amide bonds. The van der Waals surface area contributed by atoms with Crippen LogP contribution in [-0.4, -0.2) is 53.2 Å². The number of aliphatic hydroxyl groups excluding tert-OH is 1. The van der Waals surface area contributed by atoms with Crippen LogP contribution in [0.25, 0.3) is 10.9 Å². The average molecular weight is 408 g/mol. The van der Waals surface area contributed by atoms with Crippen LogP contribution >= 0.6 is 0 Å². The zero-order valence-electron chi connectivity index (χ0n) is 18.1. The van der Waals surface area contributed by atoms with E-state index in [0.29, 0.717) is 5.92 Å². The minimum atomic E-state index is -0.605. The molecule has 1 saturated heterocycles. The van der Waals surface area contributed by atoms with Crippen LogP contribution in [-0.2, 0) is 6.54 Å². The summed E-state index contributed by atoms with van der Waals surface area (Å²) in [5.74, 6) is 1.51. The summed E-state index contributed by atoms with van der Waals surface area (Å²) < 4.78 is 5.53. The first-order valence-corrected chi connectivity index (χ1v) is 11.0. The van der Waals surface area contributed by atoms with Crippen molar-refractivity contribution in [1.29, 1.82) is 0 Å². The summed E-state index contributed by atoms with van der Waals surface area (Å²) in [6.07, 6.45) is 1.80. The SMILES string of the molecule is CCN(CC1CCCN(Cc2ccccc2OC)C1)C(O)c1cc2ccccc2[nH]1. The van der Waals surface area contributed by atoms with E-state index >= 15 is 0 Å². The quantitative estimate of drug-likeness (QED) is 0.544. The number of aromatic nitrogens is 1. The molecule has 0 radical (unpaired) electrons. The zero-order valence-corrected chi connectivity index (χ0v) is 18.1. The van der Waals surface area contributed by atoms with E-state index in [4.69, 9.17) is 4.74 Å². The number of hydrogen-bond donors (Lipinski definition) is 2. The fourth-order valence-corrected chi connectivity index (χ4v) is 4.68. The fourth-order valence-electron chi connectivity index (χ4n) is 4.68. The molecule has 0 spiro atoms. The van der Waals surface area contributed by atoms with Crippen molar-refractivity contribution in [2.45, 2.75) is 32.5 Å². The molecule has 3 aromatic rings. The summed E-state index contributed by atoms with van der Waals surface area (Å²) >= 11 is 0. The number of aliphatic hydroxyl groups is 1. The molecule has 160 valence electrons. The van der Waals surface area contributed by atoms with E-state index < -0.39 is 6.23 Å². The van der Waals surface area contributed by atoms with Gasteiger partial charge < -0.3 is 14.8 Å². The van der Waals surface area contributed by atoms with Gasteiger partial charge in [-0.2, -0.15) is 0 Å². The highest BCUT2D eigenvalue weighted by atomic mass is 16.5. The van der Waals surface area contributed by atoms with Gasteiger partial charge in [0.25, 0.3) is 0 Å². The maximum Gasteiger partial charge on any atom is 0.148 e. The van der Waals surface area contributed by atoms with Crippen molar-refractivity contribution < 1.29 is 9.84 Å². The van der Waals surface area contributed by atoms with Crippen molar-refractivity contribution in [2.24, 2.45) is 5.92 Å². The number of aromatic amines is 1. The molecule has 0 aliphatic carbocycles. The van der Waals surface area contributed by atoms with E-state index in [1.54, 1.807) is 7.11 Å². The Balaban J connectivity index is 1.40. The molecule has 5 heteroatoms. The van der Waals surface area contributed by atoms with Crippen molar-refractivity contribution in [3.63, 3.8) is 0 Å². The van der Waals surface area contributed by atoms with E-state index in [1.165, 1.54) is 18.4 Å². The summed E-state index contributed by atoms with van der Waals surface area (Å²) in [6.45, 7) is 6.92. The van der Waals surface area contributed by atoms with Gasteiger partial charge in [0.05, 0.1) is 12.8 Å². The van der Waals surface area contributed by atoms with Crippen LogP contribution in [0, 0.1) is 5.92 Å². The number of para-hydroxylation sites is 2. The second kappa shape index (κ2) is 9.65. The van der Waals surface area contributed by atoms with E-state index in [0.717, 1.165) is 55.1 Å². The maximum atomic E-state index is 11.0. The highest BCUT2D eigenvalue weighted by Gasteiger charge is 2.26. The first kappa shape index (κ1) is 20.9. The van der Waals surface area contributed by atoms with Crippen molar-refractivity contribution in [2.75, 3.05) is 33.3 Å². The van der Waals surface area contributed by atoms with Gasteiger partial charge in [-0.15, -0.1) is 0 Å². The molecule has 2 atom stereocenters. The summed E-state index contributed by atoms with van der Waals surface area (Å²) in [7, 11) is 1.74. The van der Waals surface area contributed by atoms with E-state index in [9.17, 15) is 5.11 Å². The molecule has 30 heavy (non-hydrogen) atoms. The Bertz CT molecular complexity index is 921. The molecule has 0 bridgehead atoms. The first-order chi connectivity index (χ1) is 14.7. The highest BCUT2D eigenvalue weighted by Crippen LogP contribution is 2.27. The molecule has 1 fully saturated rings. The van der Waals surface area contributed by atoms with Crippen LogP contribution in [0.2, 0.25) is 0 Å². The first-order valence-electron chi connectivity index (χ1n) is 11.0. The van der Waals surface area contributed by atoms with Crippen LogP contribution in [0.15, 0.2) is 54.6 Å². The van der Waals surface area contributed by atoms with Gasteiger partial charge in [0, 0.05) is 30.7 Å². The number of rotatable bonds is 8. The number of ether oxygens (including phenoxy) is 1. The van der Waals surface area contributed by atoms with E-state index in [-0.39, 0.29) is 0 Å². The van der Waals surface area contributed by atoms with Crippen molar-refractivity contribution in [3.8, 4) is 5.75 Å². The standard InChI is InChI=1S/C25H33N3O2/c1-3-28(25(29)23-15-20-10-4-6-12-22(20)26-23)17-19-9-8-14-27(16-19)18-21-11-5-7-13-24(21)30-2/h4-7,10-13,15,19,25-26,29H,3,8-9,14,16-18H2,1-2H3. The topological polar surface area (TPSA) is 51.7 Å². The van der Waals surface area contributed by atoms with E-state index in [2.05, 4.69) is 52.0 Å². The molecule has 2 aromatic carbocycles. The third kappa shape index (κ3) is 4.69. The van der Waals surface area contributed by atoms with Gasteiger partial charge in [-0.3, -0.25) is 9.80 Å². The number of fused-ring (bicyclic) bond motifs is 1. The van der Waals surface area contributed by atoms with Gasteiger partial charge >= 0.3 is 0 Å². The Morgan fingerprint density at radius 3 is 2.80 bits per heavy atom. The van der Waals surface area contributed by atoms with Gasteiger partial charge in [0.15, 0.2) is 0 Å². The number of likely N-dealkylation sites (tertiary alicyclic amines) is 1. The molecule has 1 aliphatic rings. The van der Waals surface area contributed by atoms with Gasteiger partial charge in [0.1, 0.15) is 12.0 Å². The summed E-state index contributed by atoms with van der Waals surface area (Å²) in [5.41, 5.74) is 3.19. The molecule has 4 rings (SSSR count). The molecule has 0 saturated carbocycles. The minimum absolute atomic E-state index is 0.549. The molecule has 5 nitrogen and oxygen atoms in total. The summed E-state index contributed by atoms with van der Waals surface area (Å²) in [5, 5.41) is 12.2. The van der Waals surface area contributed by atoms with Crippen molar-refractivity contribution in [1.82, 2.24) is 14.8 Å². The molecular weight excluding hydrogens is 374 g/mol. The number of H-pyrrole nitrogens is 1. The van der Waals surface area contributed by atoms with Crippen LogP contribution in [0.4, 0.5) is 0 Å². The Labute approximate surface area is 179 Å². The van der Waals surface area contributed by atoms with Crippen molar-refractivity contribution >= 4 is 10.9 Å². The van der Waals surface area contributed by atoms with Gasteiger partial charge in [-0.25, -0.2) is 0 Å². The van der Waals surface area contributed by atoms with E-state index in [1.807, 2.05) is 24.3 Å². The molecule has 1 aromatic heterocycles. The molecule has 2 unspecified atom stereocenters. The lowest BCUT2D eigenvalue weighted by Gasteiger charge is -2.37. The molecule has 2 N–H and O–H groups in total. The predicted molar refractivity (Wildman–Crippen MR) is 122 cm³/mol. The predicted octanol–water partition coefficient (Wildman–Crippen LogP) is 4.40. The van der Waals surface area contributed by atoms with Crippen LogP contribution < -0.4 is 4.74 Å².